The highest BCUT2D eigenvalue weighted by Crippen LogP contribution is 2.38. The molecule has 2 aromatic rings. The number of primary sulfonamides is 1. The van der Waals surface area contributed by atoms with Gasteiger partial charge in [0, 0.05) is 25.7 Å². The van der Waals surface area contributed by atoms with Crippen LogP contribution in [0.4, 0.5) is 10.5 Å². The zero-order valence-electron chi connectivity index (χ0n) is 16.2. The minimum absolute atomic E-state index is 0.101. The number of urea groups is 1. The number of hydrogen-bond donors (Lipinski definition) is 5. The third kappa shape index (κ3) is 4.24. The first kappa shape index (κ1) is 21.6. The second kappa shape index (κ2) is 8.12. The van der Waals surface area contributed by atoms with E-state index in [9.17, 15) is 21.6 Å². The van der Waals surface area contributed by atoms with Crippen molar-refractivity contribution in [2.24, 2.45) is 5.14 Å². The van der Waals surface area contributed by atoms with E-state index in [0.717, 1.165) is 6.07 Å². The second-order valence-electron chi connectivity index (χ2n) is 7.12. The number of anilines is 1. The van der Waals surface area contributed by atoms with Crippen LogP contribution in [-0.2, 0) is 20.0 Å². The zero-order valence-corrected chi connectivity index (χ0v) is 17.8. The van der Waals surface area contributed by atoms with Gasteiger partial charge >= 0.3 is 6.03 Å². The molecule has 2 aliphatic rings. The lowest BCUT2D eigenvalue weighted by molar-refractivity contribution is 0.243. The normalized spacial score (nSPS) is 20.1. The molecule has 31 heavy (non-hydrogen) atoms. The fourth-order valence-electron chi connectivity index (χ4n) is 3.65. The summed E-state index contributed by atoms with van der Waals surface area (Å²) in [6.07, 6.45) is 1.14. The molecule has 4 rings (SSSR count). The van der Waals surface area contributed by atoms with Gasteiger partial charge in [-0.15, -0.1) is 10.2 Å². The number of amides is 2. The Hall–Kier alpha value is -2.66. The molecule has 0 saturated carbocycles. The van der Waals surface area contributed by atoms with Crippen LogP contribution in [0.2, 0.25) is 0 Å². The van der Waals surface area contributed by atoms with Crippen molar-refractivity contribution >= 4 is 31.8 Å². The molecule has 0 aliphatic carbocycles. The lowest BCUT2D eigenvalue weighted by atomic mass is 10.1. The molecule has 0 bridgehead atoms. The standard InChI is InChI=1S/C15H21N9O5S2/c16-30(26,27)13-11(31(28,29)21-9-4-6-17-8-9)3-2-10(12(13)14-19-22-23-20-14)24-7-1-5-18-15(24)25/h2-3,9,17,21H,1,4-8H2,(H,18,25)(H2,16,26,27)(H,19,20,22,23)/t9-/m1/s1. The highest BCUT2D eigenvalue weighted by Gasteiger charge is 2.35. The summed E-state index contributed by atoms with van der Waals surface area (Å²) in [4.78, 5) is 12.4. The Labute approximate surface area is 178 Å². The molecule has 0 spiro atoms. The van der Waals surface area contributed by atoms with Crippen molar-refractivity contribution < 1.29 is 21.6 Å². The summed E-state index contributed by atoms with van der Waals surface area (Å²) >= 11 is 0. The molecule has 3 heterocycles. The maximum absolute atomic E-state index is 13.1. The minimum Gasteiger partial charge on any atom is -0.338 e. The molecule has 2 aliphatic heterocycles. The van der Waals surface area contributed by atoms with E-state index in [-0.39, 0.29) is 23.6 Å². The third-order valence-corrected chi connectivity index (χ3v) is 7.68. The van der Waals surface area contributed by atoms with E-state index in [1.165, 1.54) is 11.0 Å². The molecule has 0 radical (unpaired) electrons. The van der Waals surface area contributed by atoms with Crippen LogP contribution in [0.15, 0.2) is 21.9 Å². The van der Waals surface area contributed by atoms with Crippen LogP contribution in [0.5, 0.6) is 0 Å². The van der Waals surface area contributed by atoms with Crippen LogP contribution in [-0.4, -0.2) is 75.7 Å². The number of nitrogens with one attached hydrogen (secondary N) is 4. The summed E-state index contributed by atoms with van der Waals surface area (Å²) in [5.41, 5.74) is -0.121. The van der Waals surface area contributed by atoms with Gasteiger partial charge in [-0.1, -0.05) is 0 Å². The summed E-state index contributed by atoms with van der Waals surface area (Å²) in [5.74, 6) is -0.211. The number of nitrogens with two attached hydrogens (primary N) is 1. The quantitative estimate of drug-likeness (QED) is 0.318. The Morgan fingerprint density at radius 3 is 2.61 bits per heavy atom. The number of aromatic nitrogens is 4. The van der Waals surface area contributed by atoms with E-state index in [2.05, 4.69) is 36.0 Å². The molecule has 1 aromatic carbocycles. The Kier molecular flexibility index (Phi) is 5.65. The van der Waals surface area contributed by atoms with Crippen LogP contribution < -0.4 is 25.4 Å². The number of tetrazole rings is 1. The van der Waals surface area contributed by atoms with Gasteiger partial charge in [0.25, 0.3) is 0 Å². The summed E-state index contributed by atoms with van der Waals surface area (Å²) < 4.78 is 54.0. The summed E-state index contributed by atoms with van der Waals surface area (Å²) in [5, 5.41) is 24.4. The Balaban J connectivity index is 1.95. The van der Waals surface area contributed by atoms with E-state index >= 15 is 0 Å². The van der Waals surface area contributed by atoms with E-state index in [4.69, 9.17) is 5.14 Å². The minimum atomic E-state index is -4.60. The van der Waals surface area contributed by atoms with Gasteiger partial charge in [0.15, 0.2) is 0 Å². The summed E-state index contributed by atoms with van der Waals surface area (Å²) in [7, 11) is -8.89. The smallest absolute Gasteiger partial charge is 0.321 e. The molecule has 16 heteroatoms. The number of nitrogens with zero attached hydrogens (tertiary/aromatic N) is 4. The Bertz CT molecular complexity index is 1190. The molecule has 0 unspecified atom stereocenters. The number of benzene rings is 1. The molecule has 2 amide bonds. The Morgan fingerprint density at radius 1 is 1.19 bits per heavy atom. The van der Waals surface area contributed by atoms with Crippen LogP contribution in [0.1, 0.15) is 12.8 Å². The van der Waals surface area contributed by atoms with Gasteiger partial charge in [-0.25, -0.2) is 31.5 Å². The SMILES string of the molecule is NS(=O)(=O)c1c(S(=O)(=O)N[C@@H]2CCNC2)ccc(N2CCCNC2=O)c1-c1nn[nH]n1. The maximum atomic E-state index is 13.1. The zero-order chi connectivity index (χ0) is 22.2. The van der Waals surface area contributed by atoms with Crippen molar-refractivity contribution in [3.05, 3.63) is 12.1 Å². The molecule has 2 saturated heterocycles. The van der Waals surface area contributed by atoms with Crippen LogP contribution in [0.25, 0.3) is 11.4 Å². The lowest BCUT2D eigenvalue weighted by Gasteiger charge is -2.29. The molecule has 1 aromatic heterocycles. The molecule has 168 valence electrons. The fourth-order valence-corrected chi connectivity index (χ4v) is 6.52. The van der Waals surface area contributed by atoms with Crippen LogP contribution >= 0.6 is 0 Å². The van der Waals surface area contributed by atoms with Gasteiger partial charge in [0.2, 0.25) is 25.9 Å². The van der Waals surface area contributed by atoms with Crippen molar-refractivity contribution in [1.82, 2.24) is 36.0 Å². The summed E-state index contributed by atoms with van der Waals surface area (Å²) in [6.45, 7) is 1.78. The first-order chi connectivity index (χ1) is 14.7. The van der Waals surface area contributed by atoms with Crippen molar-refractivity contribution in [1.29, 1.82) is 0 Å². The number of rotatable bonds is 6. The predicted molar refractivity (Wildman–Crippen MR) is 108 cm³/mol. The number of carbonyl (C=O) groups excluding carboxylic acids is 1. The number of H-pyrrole nitrogens is 1. The van der Waals surface area contributed by atoms with Gasteiger partial charge in [-0.05, 0) is 36.7 Å². The number of aromatic amines is 1. The van der Waals surface area contributed by atoms with E-state index in [1.54, 1.807) is 0 Å². The Morgan fingerprint density at radius 2 is 2.00 bits per heavy atom. The number of sulfonamides is 2. The fraction of sp³-hybridized carbons (Fsp3) is 0.467. The second-order valence-corrected chi connectivity index (χ2v) is 10.3. The molecule has 14 nitrogen and oxygen atoms in total. The van der Waals surface area contributed by atoms with Crippen LogP contribution in [0, 0.1) is 0 Å². The van der Waals surface area contributed by atoms with Gasteiger partial charge in [-0.3, -0.25) is 4.90 Å². The molecule has 2 fully saturated rings. The van der Waals surface area contributed by atoms with Gasteiger partial charge in [0.05, 0.1) is 11.3 Å². The third-order valence-electron chi connectivity index (χ3n) is 5.00. The van der Waals surface area contributed by atoms with Crippen molar-refractivity contribution in [3.8, 4) is 11.4 Å². The lowest BCUT2D eigenvalue weighted by Crippen LogP contribution is -2.47. The molecular weight excluding hydrogens is 450 g/mol. The monoisotopic (exact) mass is 471 g/mol. The average Bonchev–Trinajstić information content (AvgIpc) is 3.40. The van der Waals surface area contributed by atoms with Gasteiger partial charge in [-0.2, -0.15) is 5.21 Å². The average molecular weight is 472 g/mol. The van der Waals surface area contributed by atoms with Crippen molar-refractivity contribution in [3.63, 3.8) is 0 Å². The highest BCUT2D eigenvalue weighted by molar-refractivity contribution is 7.92. The molecule has 1 atom stereocenters. The highest BCUT2D eigenvalue weighted by atomic mass is 32.2. The molecule has 6 N–H and O–H groups in total. The first-order valence-corrected chi connectivity index (χ1v) is 12.4. The number of carbonyl (C=O) groups is 1. The largest absolute Gasteiger partial charge is 0.338 e. The van der Waals surface area contributed by atoms with Gasteiger partial charge in [0.1, 0.15) is 9.79 Å². The van der Waals surface area contributed by atoms with Gasteiger partial charge < -0.3 is 10.6 Å². The maximum Gasteiger partial charge on any atom is 0.321 e. The van der Waals surface area contributed by atoms with Crippen molar-refractivity contribution in [2.45, 2.75) is 28.7 Å². The first-order valence-electron chi connectivity index (χ1n) is 9.40. The summed E-state index contributed by atoms with van der Waals surface area (Å²) in [6, 6.07) is 1.58. The van der Waals surface area contributed by atoms with Crippen LogP contribution in [0.3, 0.4) is 0 Å². The van der Waals surface area contributed by atoms with E-state index in [1.807, 2.05) is 0 Å². The van der Waals surface area contributed by atoms with E-state index in [0.29, 0.717) is 32.5 Å². The predicted octanol–water partition coefficient (Wildman–Crippen LogP) is -1.93. The number of hydrogen-bond acceptors (Lipinski definition) is 9. The topological polar surface area (TPSA) is 205 Å². The van der Waals surface area contributed by atoms with Crippen molar-refractivity contribution in [2.75, 3.05) is 31.1 Å². The van der Waals surface area contributed by atoms with E-state index < -0.39 is 41.9 Å². The molecular formula is C15H21N9O5S2.